The van der Waals surface area contributed by atoms with Crippen LogP contribution in [0.5, 0.6) is 0 Å². The maximum Gasteiger partial charge on any atom is 0.0743 e. The highest BCUT2D eigenvalue weighted by Crippen LogP contribution is 2.36. The Morgan fingerprint density at radius 1 is 0.400 bits per heavy atom. The molecule has 0 atom stereocenters. The van der Waals surface area contributed by atoms with Gasteiger partial charge in [0, 0.05) is 53.9 Å². The van der Waals surface area contributed by atoms with Gasteiger partial charge in [-0.1, -0.05) is 109 Å². The van der Waals surface area contributed by atoms with Crippen LogP contribution in [0.4, 0.5) is 22.7 Å². The average molecular weight is 713 g/mol. The summed E-state index contributed by atoms with van der Waals surface area (Å²) < 4.78 is 0. The molecule has 0 saturated carbocycles. The van der Waals surface area contributed by atoms with E-state index in [1.807, 2.05) is 0 Å². The van der Waals surface area contributed by atoms with Gasteiger partial charge in [-0.2, -0.15) is 0 Å². The van der Waals surface area contributed by atoms with E-state index >= 15 is 0 Å². The second kappa shape index (κ2) is 14.5. The maximum absolute atomic E-state index is 4.60. The van der Waals surface area contributed by atoms with Crippen molar-refractivity contribution in [3.05, 3.63) is 161 Å². The molecule has 12 rings (SSSR count). The number of rotatable bonds is 0. The molecule has 4 heterocycles. The Morgan fingerprint density at radius 2 is 0.945 bits per heavy atom. The van der Waals surface area contributed by atoms with Crippen LogP contribution in [0, 0.1) is 0 Å². The number of hydrogen-bond donors (Lipinski definition) is 0. The molecule has 5 aliphatic rings. The van der Waals surface area contributed by atoms with E-state index in [4.69, 9.17) is 0 Å². The van der Waals surface area contributed by atoms with Gasteiger partial charge in [0.2, 0.25) is 0 Å². The summed E-state index contributed by atoms with van der Waals surface area (Å²) >= 11 is 0. The molecule has 268 valence electrons. The Kier molecular flexibility index (Phi) is 9.11. The van der Waals surface area contributed by atoms with Gasteiger partial charge < -0.3 is 0 Å². The second-order valence-electron chi connectivity index (χ2n) is 15.3. The predicted octanol–water partition coefficient (Wildman–Crippen LogP) is 13.4. The van der Waals surface area contributed by atoms with Crippen molar-refractivity contribution in [2.24, 2.45) is 20.0 Å². The summed E-state index contributed by atoms with van der Waals surface area (Å²) in [5.41, 5.74) is 17.9. The maximum atomic E-state index is 4.60. The van der Waals surface area contributed by atoms with Gasteiger partial charge in [0.25, 0.3) is 0 Å². The van der Waals surface area contributed by atoms with E-state index in [-0.39, 0.29) is 0 Å². The van der Waals surface area contributed by atoms with Crippen molar-refractivity contribution in [1.82, 2.24) is 0 Å². The molecule has 4 nitrogen and oxygen atoms in total. The van der Waals surface area contributed by atoms with Crippen molar-refractivity contribution in [3.8, 4) is 0 Å². The molecule has 0 N–H and O–H groups in total. The fraction of sp³-hybridized carbons (Fsp3) is 0.176. The summed E-state index contributed by atoms with van der Waals surface area (Å²) in [7, 11) is 0. The molecule has 4 aliphatic heterocycles. The lowest BCUT2D eigenvalue weighted by Crippen LogP contribution is -1.90. The molecule has 0 bridgehead atoms. The fourth-order valence-corrected chi connectivity index (χ4v) is 8.35. The Hall–Kier alpha value is -6.26. The van der Waals surface area contributed by atoms with E-state index in [1.165, 1.54) is 99.9 Å². The first-order valence-electron chi connectivity index (χ1n) is 19.4. The van der Waals surface area contributed by atoms with Gasteiger partial charge in [0.1, 0.15) is 0 Å². The summed E-state index contributed by atoms with van der Waals surface area (Å²) in [6.07, 6.45) is 9.59. The van der Waals surface area contributed by atoms with Crippen LogP contribution in [0.1, 0.15) is 61.1 Å². The van der Waals surface area contributed by atoms with E-state index in [0.717, 1.165) is 43.5 Å². The Balaban J connectivity index is 0.0000000963. The largest absolute Gasteiger partial charge is 0.257 e. The molecule has 4 heteroatoms. The highest BCUT2D eigenvalue weighted by Gasteiger charge is 2.17. The number of nitrogens with zero attached hydrogens (tertiary/aromatic N) is 4. The van der Waals surface area contributed by atoms with Gasteiger partial charge >= 0.3 is 0 Å². The third kappa shape index (κ3) is 7.08. The van der Waals surface area contributed by atoms with Crippen molar-refractivity contribution >= 4 is 84.0 Å². The van der Waals surface area contributed by atoms with E-state index < -0.39 is 0 Å². The van der Waals surface area contributed by atoms with Crippen LogP contribution in [0.15, 0.2) is 147 Å². The number of benzene rings is 7. The topological polar surface area (TPSA) is 49.4 Å². The van der Waals surface area contributed by atoms with Crippen molar-refractivity contribution < 1.29 is 0 Å². The molecule has 7 aromatic carbocycles. The van der Waals surface area contributed by atoms with Gasteiger partial charge in [-0.05, 0) is 119 Å². The van der Waals surface area contributed by atoms with Crippen LogP contribution < -0.4 is 0 Å². The van der Waals surface area contributed by atoms with E-state index in [9.17, 15) is 0 Å². The van der Waals surface area contributed by atoms with Gasteiger partial charge in [-0.15, -0.1) is 0 Å². The van der Waals surface area contributed by atoms with Crippen LogP contribution >= 0.6 is 0 Å². The number of aliphatic imine (C=N–C) groups is 4. The molecular formula is C51H44N4. The molecule has 1 aliphatic carbocycles. The Labute approximate surface area is 323 Å². The van der Waals surface area contributed by atoms with Crippen LogP contribution in [0.2, 0.25) is 0 Å². The monoisotopic (exact) mass is 712 g/mol. The normalized spacial score (nSPS) is 14.9. The molecule has 0 amide bonds. The summed E-state index contributed by atoms with van der Waals surface area (Å²) in [5, 5.41) is 7.83. The highest BCUT2D eigenvalue weighted by atomic mass is 14.8. The minimum absolute atomic E-state index is 1.01. The average Bonchev–Trinajstić information content (AvgIpc) is 4.03. The molecule has 0 aromatic heterocycles. The van der Waals surface area contributed by atoms with Crippen molar-refractivity contribution in [2.75, 3.05) is 0 Å². The zero-order chi connectivity index (χ0) is 37.5. The van der Waals surface area contributed by atoms with Gasteiger partial charge in [0.15, 0.2) is 0 Å². The minimum atomic E-state index is 1.01. The van der Waals surface area contributed by atoms with Crippen molar-refractivity contribution in [2.45, 2.75) is 59.8 Å². The third-order valence-electron chi connectivity index (χ3n) is 10.9. The summed E-state index contributed by atoms with van der Waals surface area (Å²) in [5.74, 6) is 0. The van der Waals surface area contributed by atoms with Gasteiger partial charge in [-0.3, -0.25) is 20.0 Å². The molecule has 0 spiro atoms. The lowest BCUT2D eigenvalue weighted by atomic mass is 10.0. The van der Waals surface area contributed by atoms with E-state index in [2.05, 4.69) is 181 Å². The molecule has 55 heavy (non-hydrogen) atoms. The summed E-state index contributed by atoms with van der Waals surface area (Å²) in [6, 6.07) is 43.0. The van der Waals surface area contributed by atoms with Crippen molar-refractivity contribution in [3.63, 3.8) is 0 Å². The standard InChI is InChI=1S/3C13H11N.C12H11N/c1-9-6-12-7-10-4-2-3-5-11(10)8-13(12)14-9;1-9-8-11-7-6-10-4-2-3-5-12(10)13(11)14-9;1-9-8-12-11-5-3-2-4-10(11)6-7-13(12)14-9;1-8-5-11-6-9-3-2-4-10(9)7-12(11)13-8/h2-5,7-8H,6H2,1H3;2*2-7H,8H2,1H3;2,4,6-7H,3,5H2,1H3. The molecule has 7 aromatic rings. The number of hydrogen-bond acceptors (Lipinski definition) is 4. The van der Waals surface area contributed by atoms with Gasteiger partial charge in [-0.25, -0.2) is 0 Å². The lowest BCUT2D eigenvalue weighted by molar-refractivity contribution is 1.27. The molecule has 0 unspecified atom stereocenters. The Bertz CT molecular complexity index is 2820. The first-order valence-corrected chi connectivity index (χ1v) is 19.4. The van der Waals surface area contributed by atoms with E-state index in [1.54, 1.807) is 0 Å². The van der Waals surface area contributed by atoms with Crippen LogP contribution in [-0.2, 0) is 32.1 Å². The summed E-state index contributed by atoms with van der Waals surface area (Å²) in [4.78, 5) is 18.1. The SMILES string of the molecule is CC1=Nc2c(ccc3ccccc23)C1.CC1=Nc2cc3c(cc2C1)CC=C3.CC1=Nc2cc3ccccc3cc2C1.CC1=Nc2ccc3ccccc3c2C1. The Morgan fingerprint density at radius 3 is 1.71 bits per heavy atom. The first kappa shape index (κ1) is 34.5. The summed E-state index contributed by atoms with van der Waals surface area (Å²) in [6.45, 7) is 8.37. The number of allylic oxidation sites excluding steroid dienone is 1. The molecular weight excluding hydrogens is 669 g/mol. The quantitative estimate of drug-likeness (QED) is 0.150. The first-order chi connectivity index (χ1) is 26.8. The predicted molar refractivity (Wildman–Crippen MR) is 237 cm³/mol. The highest BCUT2D eigenvalue weighted by molar-refractivity contribution is 6.03. The van der Waals surface area contributed by atoms with Crippen LogP contribution in [0.3, 0.4) is 0 Å². The van der Waals surface area contributed by atoms with Crippen LogP contribution in [0.25, 0.3) is 38.4 Å². The zero-order valence-corrected chi connectivity index (χ0v) is 32.0. The molecule has 0 fully saturated rings. The molecule has 0 radical (unpaired) electrons. The lowest BCUT2D eigenvalue weighted by Gasteiger charge is -2.02. The number of fused-ring (bicyclic) bond motifs is 10. The smallest absolute Gasteiger partial charge is 0.0743 e. The van der Waals surface area contributed by atoms with E-state index in [0.29, 0.717) is 0 Å². The van der Waals surface area contributed by atoms with Crippen LogP contribution in [-0.4, -0.2) is 22.8 Å². The fourth-order valence-electron chi connectivity index (χ4n) is 8.35. The second-order valence-corrected chi connectivity index (χ2v) is 15.3. The zero-order valence-electron chi connectivity index (χ0n) is 32.0. The van der Waals surface area contributed by atoms with Crippen molar-refractivity contribution in [1.29, 1.82) is 0 Å². The third-order valence-corrected chi connectivity index (χ3v) is 10.9. The molecule has 0 saturated heterocycles. The minimum Gasteiger partial charge on any atom is -0.257 e. The van der Waals surface area contributed by atoms with Gasteiger partial charge in [0.05, 0.1) is 22.7 Å².